The van der Waals surface area contributed by atoms with Gasteiger partial charge < -0.3 is 5.11 Å². The lowest BCUT2D eigenvalue weighted by atomic mass is 10.1. The van der Waals surface area contributed by atoms with E-state index in [1.165, 1.54) is 15.8 Å². The number of carboxylic acid groups (broad SMARTS) is 1. The predicted molar refractivity (Wildman–Crippen MR) is 68.5 cm³/mol. The second kappa shape index (κ2) is 4.99. The normalized spacial score (nSPS) is 21.9. The number of thiophene rings is 1. The maximum absolute atomic E-state index is 12.4. The van der Waals surface area contributed by atoms with Crippen molar-refractivity contribution in [3.05, 3.63) is 16.3 Å². The maximum Gasteiger partial charge on any atom is 0.345 e. The number of nitrogens with zero attached hydrogens (tertiary/aromatic N) is 1. The molecular weight excluding hydrogens is 274 g/mol. The van der Waals surface area contributed by atoms with Crippen LogP contribution in [-0.4, -0.2) is 36.4 Å². The molecule has 5 nitrogen and oxygen atoms in total. The van der Waals surface area contributed by atoms with E-state index in [4.69, 9.17) is 5.11 Å². The average Bonchev–Trinajstić information content (AvgIpc) is 2.79. The van der Waals surface area contributed by atoms with Gasteiger partial charge in [0.2, 0.25) is 10.0 Å². The number of aromatic carboxylic acids is 1. The first-order valence-corrected chi connectivity index (χ1v) is 8.08. The molecule has 1 N–H and O–H groups in total. The predicted octanol–water partition coefficient (Wildman–Crippen LogP) is 2.01. The summed E-state index contributed by atoms with van der Waals surface area (Å²) in [5.74, 6) is -1.09. The first-order chi connectivity index (χ1) is 8.43. The van der Waals surface area contributed by atoms with Gasteiger partial charge in [-0.2, -0.15) is 4.31 Å². The van der Waals surface area contributed by atoms with E-state index in [9.17, 15) is 13.2 Å². The van der Waals surface area contributed by atoms with E-state index in [-0.39, 0.29) is 15.8 Å². The molecule has 0 aliphatic carbocycles. The summed E-state index contributed by atoms with van der Waals surface area (Å²) in [4.78, 5) is 10.9. The second-order valence-corrected chi connectivity index (χ2v) is 7.21. The lowest BCUT2D eigenvalue weighted by molar-refractivity contribution is 0.0702. The summed E-state index contributed by atoms with van der Waals surface area (Å²) in [5.41, 5.74) is 0. The van der Waals surface area contributed by atoms with Crippen molar-refractivity contribution in [2.45, 2.75) is 37.1 Å². The fourth-order valence-electron chi connectivity index (χ4n) is 2.13. The molecule has 0 aromatic carbocycles. The quantitative estimate of drug-likeness (QED) is 0.923. The Labute approximate surface area is 110 Å². The van der Waals surface area contributed by atoms with E-state index >= 15 is 0 Å². The van der Waals surface area contributed by atoms with Crippen LogP contribution in [0.5, 0.6) is 0 Å². The minimum absolute atomic E-state index is 0.0167. The summed E-state index contributed by atoms with van der Waals surface area (Å²) < 4.78 is 26.2. The van der Waals surface area contributed by atoms with Crippen LogP contribution in [0.1, 0.15) is 35.9 Å². The van der Waals surface area contributed by atoms with Gasteiger partial charge in [0.05, 0.1) is 4.90 Å². The number of carbonyl (C=O) groups is 1. The zero-order valence-electron chi connectivity index (χ0n) is 10.00. The van der Waals surface area contributed by atoms with Gasteiger partial charge in [-0.15, -0.1) is 11.3 Å². The number of hydrogen-bond donors (Lipinski definition) is 1. The number of carboxylic acids is 1. The molecular formula is C11H15NO4S2. The third kappa shape index (κ3) is 2.43. The van der Waals surface area contributed by atoms with Crippen molar-refractivity contribution in [1.29, 1.82) is 0 Å². The van der Waals surface area contributed by atoms with Gasteiger partial charge in [0, 0.05) is 18.0 Å². The van der Waals surface area contributed by atoms with Crippen molar-refractivity contribution in [3.8, 4) is 0 Å². The van der Waals surface area contributed by atoms with Gasteiger partial charge >= 0.3 is 5.97 Å². The van der Waals surface area contributed by atoms with Crippen molar-refractivity contribution in [3.63, 3.8) is 0 Å². The molecule has 2 rings (SSSR count). The highest BCUT2D eigenvalue weighted by Crippen LogP contribution is 2.27. The molecule has 1 aliphatic rings. The van der Waals surface area contributed by atoms with Crippen LogP contribution in [0.25, 0.3) is 0 Å². The smallest absolute Gasteiger partial charge is 0.345 e. The molecule has 0 saturated carbocycles. The largest absolute Gasteiger partial charge is 0.477 e. The van der Waals surface area contributed by atoms with Gasteiger partial charge in [-0.3, -0.25) is 0 Å². The fourth-order valence-corrected chi connectivity index (χ4v) is 4.93. The highest BCUT2D eigenvalue weighted by molar-refractivity contribution is 7.89. The zero-order chi connectivity index (χ0) is 13.3. The van der Waals surface area contributed by atoms with E-state index in [0.29, 0.717) is 6.54 Å². The summed E-state index contributed by atoms with van der Waals surface area (Å²) in [6.45, 7) is 2.41. The Bertz CT molecular complexity index is 549. The number of piperidine rings is 1. The van der Waals surface area contributed by atoms with Gasteiger partial charge in [-0.25, -0.2) is 13.2 Å². The lowest BCUT2D eigenvalue weighted by Crippen LogP contribution is -2.41. The van der Waals surface area contributed by atoms with Crippen LogP contribution >= 0.6 is 11.3 Å². The molecule has 0 radical (unpaired) electrons. The molecule has 18 heavy (non-hydrogen) atoms. The molecule has 0 bridgehead atoms. The molecule has 1 fully saturated rings. The summed E-state index contributed by atoms with van der Waals surface area (Å²) in [5, 5.41) is 10.2. The highest BCUT2D eigenvalue weighted by Gasteiger charge is 2.31. The van der Waals surface area contributed by atoms with E-state index in [1.54, 1.807) is 0 Å². The molecule has 1 aromatic heterocycles. The van der Waals surface area contributed by atoms with Crippen LogP contribution in [0.15, 0.2) is 16.3 Å². The van der Waals surface area contributed by atoms with E-state index in [0.717, 1.165) is 30.6 Å². The monoisotopic (exact) mass is 289 g/mol. The van der Waals surface area contributed by atoms with E-state index in [2.05, 4.69) is 0 Å². The SMILES string of the molecule is CC1CCCCN1S(=O)(=O)c1csc(C(=O)O)c1. The van der Waals surface area contributed by atoms with Gasteiger partial charge in [0.25, 0.3) is 0 Å². The molecule has 0 amide bonds. The van der Waals surface area contributed by atoms with Crippen molar-refractivity contribution in [2.24, 2.45) is 0 Å². The molecule has 7 heteroatoms. The topological polar surface area (TPSA) is 74.7 Å². The summed E-state index contributed by atoms with van der Waals surface area (Å²) in [6.07, 6.45) is 2.76. The molecule has 1 saturated heterocycles. The van der Waals surface area contributed by atoms with E-state index < -0.39 is 16.0 Å². The fraction of sp³-hybridized carbons (Fsp3) is 0.545. The van der Waals surface area contributed by atoms with Crippen LogP contribution in [0.2, 0.25) is 0 Å². The minimum Gasteiger partial charge on any atom is -0.477 e. The Kier molecular flexibility index (Phi) is 3.74. The first-order valence-electron chi connectivity index (χ1n) is 5.76. The van der Waals surface area contributed by atoms with Crippen LogP contribution in [0.3, 0.4) is 0 Å². The summed E-state index contributed by atoms with van der Waals surface area (Å²) >= 11 is 0.944. The van der Waals surface area contributed by atoms with Crippen molar-refractivity contribution < 1.29 is 18.3 Å². The van der Waals surface area contributed by atoms with Crippen molar-refractivity contribution in [2.75, 3.05) is 6.54 Å². The van der Waals surface area contributed by atoms with Gasteiger partial charge in [-0.05, 0) is 25.8 Å². The van der Waals surface area contributed by atoms with Crippen LogP contribution in [0.4, 0.5) is 0 Å². The highest BCUT2D eigenvalue weighted by atomic mass is 32.2. The zero-order valence-corrected chi connectivity index (χ0v) is 11.6. The standard InChI is InChI=1S/C11H15NO4S2/c1-8-4-2-3-5-12(8)18(15,16)9-6-10(11(13)14)17-7-9/h6-8H,2-5H2,1H3,(H,13,14). The molecule has 1 aromatic rings. The van der Waals surface area contributed by atoms with Crippen LogP contribution in [-0.2, 0) is 10.0 Å². The van der Waals surface area contributed by atoms with Crippen molar-refractivity contribution in [1.82, 2.24) is 4.31 Å². The summed E-state index contributed by atoms with van der Waals surface area (Å²) in [6, 6.07) is 1.22. The molecule has 1 atom stereocenters. The lowest BCUT2D eigenvalue weighted by Gasteiger charge is -2.31. The number of hydrogen-bond acceptors (Lipinski definition) is 4. The maximum atomic E-state index is 12.4. The molecule has 0 spiro atoms. The van der Waals surface area contributed by atoms with Gasteiger partial charge in [0.15, 0.2) is 0 Å². The third-order valence-electron chi connectivity index (χ3n) is 3.13. The van der Waals surface area contributed by atoms with Gasteiger partial charge in [-0.1, -0.05) is 6.42 Å². The van der Waals surface area contributed by atoms with Gasteiger partial charge in [0.1, 0.15) is 4.88 Å². The summed E-state index contributed by atoms with van der Waals surface area (Å²) in [7, 11) is -3.54. The second-order valence-electron chi connectivity index (χ2n) is 4.41. The minimum atomic E-state index is -3.54. The Morgan fingerprint density at radius 1 is 1.50 bits per heavy atom. The molecule has 1 unspecified atom stereocenters. The number of rotatable bonds is 3. The Hall–Kier alpha value is -0.920. The Morgan fingerprint density at radius 3 is 2.78 bits per heavy atom. The molecule has 1 aliphatic heterocycles. The van der Waals surface area contributed by atoms with E-state index in [1.807, 2.05) is 6.92 Å². The Morgan fingerprint density at radius 2 is 2.22 bits per heavy atom. The Balaban J connectivity index is 2.31. The first kappa shape index (κ1) is 13.5. The average molecular weight is 289 g/mol. The molecule has 2 heterocycles. The van der Waals surface area contributed by atoms with Crippen LogP contribution in [0, 0.1) is 0 Å². The molecule has 100 valence electrons. The number of sulfonamides is 1. The van der Waals surface area contributed by atoms with Crippen molar-refractivity contribution >= 4 is 27.3 Å². The van der Waals surface area contributed by atoms with Crippen LogP contribution < -0.4 is 0 Å². The third-order valence-corrected chi connectivity index (χ3v) is 6.19.